The molecule has 21 heavy (non-hydrogen) atoms. The fourth-order valence-corrected chi connectivity index (χ4v) is 1.94. The van der Waals surface area contributed by atoms with Gasteiger partial charge in [0.1, 0.15) is 30.1 Å². The summed E-state index contributed by atoms with van der Waals surface area (Å²) in [6.45, 7) is -0.227. The lowest BCUT2D eigenvalue weighted by molar-refractivity contribution is 0.101. The largest absolute Gasteiger partial charge is 0.490 e. The molecule has 0 aliphatic carbocycles. The third-order valence-electron chi connectivity index (χ3n) is 3.07. The number of halogens is 2. The molecule has 0 fully saturated rings. The van der Waals surface area contributed by atoms with Crippen molar-refractivity contribution in [3.05, 3.63) is 59.7 Å². The molecule has 5 heteroatoms. The number of nitrogens with zero attached hydrogens (tertiary/aromatic N) is 1. The van der Waals surface area contributed by atoms with Crippen molar-refractivity contribution in [1.82, 2.24) is 0 Å². The SMILES string of the molecule is CN(C)c1cccc(OCC(O)c2c(F)cccc2F)c1. The number of hydrogen-bond donors (Lipinski definition) is 1. The molecule has 0 saturated heterocycles. The molecule has 0 saturated carbocycles. The predicted octanol–water partition coefficient (Wildman–Crippen LogP) is 3.14. The van der Waals surface area contributed by atoms with Crippen LogP contribution in [0, 0.1) is 11.6 Å². The fourth-order valence-electron chi connectivity index (χ4n) is 1.94. The van der Waals surface area contributed by atoms with Gasteiger partial charge in [0, 0.05) is 25.8 Å². The third-order valence-corrected chi connectivity index (χ3v) is 3.07. The number of anilines is 1. The lowest BCUT2D eigenvalue weighted by Gasteiger charge is -2.16. The second-order valence-electron chi connectivity index (χ2n) is 4.85. The van der Waals surface area contributed by atoms with Gasteiger partial charge in [0.05, 0.1) is 5.56 Å². The molecule has 0 bridgehead atoms. The smallest absolute Gasteiger partial charge is 0.132 e. The first-order valence-electron chi connectivity index (χ1n) is 6.51. The lowest BCUT2D eigenvalue weighted by Crippen LogP contribution is -2.13. The van der Waals surface area contributed by atoms with Crippen LogP contribution in [0.3, 0.4) is 0 Å². The summed E-state index contributed by atoms with van der Waals surface area (Å²) in [6.07, 6.45) is -1.37. The summed E-state index contributed by atoms with van der Waals surface area (Å²) in [4.78, 5) is 1.90. The molecule has 0 radical (unpaired) electrons. The zero-order valence-electron chi connectivity index (χ0n) is 11.9. The summed E-state index contributed by atoms with van der Waals surface area (Å²) in [7, 11) is 3.78. The monoisotopic (exact) mass is 293 g/mol. The van der Waals surface area contributed by atoms with Crippen LogP contribution in [0.2, 0.25) is 0 Å². The van der Waals surface area contributed by atoms with Gasteiger partial charge in [-0.25, -0.2) is 8.78 Å². The minimum absolute atomic E-state index is 0.227. The van der Waals surface area contributed by atoms with Crippen molar-refractivity contribution in [2.45, 2.75) is 6.10 Å². The maximum atomic E-state index is 13.5. The summed E-state index contributed by atoms with van der Waals surface area (Å²) >= 11 is 0. The van der Waals surface area contributed by atoms with Crippen LogP contribution in [-0.2, 0) is 0 Å². The van der Waals surface area contributed by atoms with E-state index in [2.05, 4.69) is 0 Å². The van der Waals surface area contributed by atoms with E-state index in [9.17, 15) is 13.9 Å². The Labute approximate surface area is 122 Å². The van der Waals surface area contributed by atoms with E-state index in [1.54, 1.807) is 18.2 Å². The van der Waals surface area contributed by atoms with E-state index in [1.807, 2.05) is 25.1 Å². The summed E-state index contributed by atoms with van der Waals surface area (Å²) < 4.78 is 32.5. The Morgan fingerprint density at radius 2 is 1.71 bits per heavy atom. The number of aliphatic hydroxyl groups is 1. The van der Waals surface area contributed by atoms with Crippen LogP contribution in [0.1, 0.15) is 11.7 Å². The van der Waals surface area contributed by atoms with Crippen LogP contribution in [-0.4, -0.2) is 25.8 Å². The fraction of sp³-hybridized carbons (Fsp3) is 0.250. The van der Waals surface area contributed by atoms with E-state index in [-0.39, 0.29) is 12.2 Å². The number of rotatable bonds is 5. The average Bonchev–Trinajstić information content (AvgIpc) is 2.45. The highest BCUT2D eigenvalue weighted by Gasteiger charge is 2.18. The average molecular weight is 293 g/mol. The van der Waals surface area contributed by atoms with Gasteiger partial charge >= 0.3 is 0 Å². The Hall–Kier alpha value is -2.14. The van der Waals surface area contributed by atoms with Crippen molar-refractivity contribution in [3.63, 3.8) is 0 Å². The molecule has 0 spiro atoms. The van der Waals surface area contributed by atoms with Crippen molar-refractivity contribution in [2.75, 3.05) is 25.6 Å². The minimum Gasteiger partial charge on any atom is -0.490 e. The van der Waals surface area contributed by atoms with Crippen LogP contribution in [0.4, 0.5) is 14.5 Å². The van der Waals surface area contributed by atoms with Crippen molar-refractivity contribution in [3.8, 4) is 5.75 Å². The van der Waals surface area contributed by atoms with Gasteiger partial charge in [-0.1, -0.05) is 12.1 Å². The van der Waals surface area contributed by atoms with Gasteiger partial charge < -0.3 is 14.7 Å². The molecule has 1 N–H and O–H groups in total. The van der Waals surface area contributed by atoms with Gasteiger partial charge in [-0.3, -0.25) is 0 Å². The Morgan fingerprint density at radius 3 is 2.33 bits per heavy atom. The normalized spacial score (nSPS) is 12.0. The molecular weight excluding hydrogens is 276 g/mol. The second kappa shape index (κ2) is 6.54. The third kappa shape index (κ3) is 3.70. The first kappa shape index (κ1) is 15.3. The van der Waals surface area contributed by atoms with Gasteiger partial charge in [0.25, 0.3) is 0 Å². The molecule has 1 atom stereocenters. The van der Waals surface area contributed by atoms with Gasteiger partial charge in [-0.2, -0.15) is 0 Å². The maximum Gasteiger partial charge on any atom is 0.132 e. The highest BCUT2D eigenvalue weighted by Crippen LogP contribution is 2.23. The standard InChI is InChI=1S/C16H17F2NO2/c1-19(2)11-5-3-6-12(9-11)21-10-15(20)16-13(17)7-4-8-14(16)18/h3-9,15,20H,10H2,1-2H3. The molecule has 0 heterocycles. The molecule has 3 nitrogen and oxygen atoms in total. The van der Waals surface area contributed by atoms with E-state index in [4.69, 9.17) is 4.74 Å². The highest BCUT2D eigenvalue weighted by molar-refractivity contribution is 5.49. The number of ether oxygens (including phenoxy) is 1. The summed E-state index contributed by atoms with van der Waals surface area (Å²) in [5.74, 6) is -1.04. The minimum atomic E-state index is -1.37. The molecule has 0 aliphatic heterocycles. The van der Waals surface area contributed by atoms with E-state index < -0.39 is 17.7 Å². The summed E-state index contributed by atoms with van der Waals surface area (Å²) in [5.41, 5.74) is 0.556. The number of aliphatic hydroxyl groups excluding tert-OH is 1. The quantitative estimate of drug-likeness (QED) is 0.919. The zero-order valence-corrected chi connectivity index (χ0v) is 11.9. The molecule has 2 aromatic rings. The summed E-state index contributed by atoms with van der Waals surface area (Å²) in [5, 5.41) is 9.91. The van der Waals surface area contributed by atoms with Crippen LogP contribution in [0.15, 0.2) is 42.5 Å². The Balaban J connectivity index is 2.07. The molecule has 0 aromatic heterocycles. The first-order chi connectivity index (χ1) is 9.99. The van der Waals surface area contributed by atoms with Crippen LogP contribution in [0.25, 0.3) is 0 Å². The predicted molar refractivity (Wildman–Crippen MR) is 77.6 cm³/mol. The van der Waals surface area contributed by atoms with Gasteiger partial charge in [-0.15, -0.1) is 0 Å². The Bertz CT molecular complexity index is 597. The van der Waals surface area contributed by atoms with Gasteiger partial charge in [0.2, 0.25) is 0 Å². The van der Waals surface area contributed by atoms with Crippen molar-refractivity contribution in [1.29, 1.82) is 0 Å². The highest BCUT2D eigenvalue weighted by atomic mass is 19.1. The molecule has 0 amide bonds. The van der Waals surface area contributed by atoms with E-state index in [1.165, 1.54) is 6.07 Å². The van der Waals surface area contributed by atoms with Crippen molar-refractivity contribution < 1.29 is 18.6 Å². The summed E-state index contributed by atoms with van der Waals surface area (Å²) in [6, 6.07) is 10.7. The molecule has 1 unspecified atom stereocenters. The van der Waals surface area contributed by atoms with E-state index in [0.29, 0.717) is 5.75 Å². The van der Waals surface area contributed by atoms with Gasteiger partial charge in [0.15, 0.2) is 0 Å². The lowest BCUT2D eigenvalue weighted by atomic mass is 10.1. The molecular formula is C16H17F2NO2. The topological polar surface area (TPSA) is 32.7 Å². The maximum absolute atomic E-state index is 13.5. The van der Waals surface area contributed by atoms with E-state index >= 15 is 0 Å². The van der Waals surface area contributed by atoms with Crippen LogP contribution >= 0.6 is 0 Å². The molecule has 0 aliphatic rings. The van der Waals surface area contributed by atoms with Crippen molar-refractivity contribution >= 4 is 5.69 Å². The van der Waals surface area contributed by atoms with Crippen LogP contribution < -0.4 is 9.64 Å². The number of benzene rings is 2. The molecule has 112 valence electrons. The van der Waals surface area contributed by atoms with Crippen LogP contribution in [0.5, 0.6) is 5.75 Å². The molecule has 2 aromatic carbocycles. The van der Waals surface area contributed by atoms with Crippen molar-refractivity contribution in [2.24, 2.45) is 0 Å². The zero-order chi connectivity index (χ0) is 15.4. The molecule has 2 rings (SSSR count). The van der Waals surface area contributed by atoms with Gasteiger partial charge in [-0.05, 0) is 24.3 Å². The Morgan fingerprint density at radius 1 is 1.10 bits per heavy atom. The van der Waals surface area contributed by atoms with E-state index in [0.717, 1.165) is 17.8 Å². The first-order valence-corrected chi connectivity index (χ1v) is 6.51. The second-order valence-corrected chi connectivity index (χ2v) is 4.85. The number of hydrogen-bond acceptors (Lipinski definition) is 3. The Kier molecular flexibility index (Phi) is 4.75.